The summed E-state index contributed by atoms with van der Waals surface area (Å²) in [7, 11) is 0. The van der Waals surface area contributed by atoms with Crippen molar-refractivity contribution in [1.29, 1.82) is 0 Å². The zero-order chi connectivity index (χ0) is 13.7. The van der Waals surface area contributed by atoms with Crippen molar-refractivity contribution in [2.45, 2.75) is 37.9 Å². The summed E-state index contributed by atoms with van der Waals surface area (Å²) in [4.78, 5) is 0.393. The van der Waals surface area contributed by atoms with Crippen molar-refractivity contribution < 1.29 is 0 Å². The van der Waals surface area contributed by atoms with Gasteiger partial charge in [-0.15, -0.1) is 0 Å². The van der Waals surface area contributed by atoms with Gasteiger partial charge in [-0.3, -0.25) is 0 Å². The molecule has 0 aliphatic rings. The first-order valence-corrected chi connectivity index (χ1v) is 7.89. The Morgan fingerprint density at radius 2 is 1.68 bits per heavy atom. The van der Waals surface area contributed by atoms with Gasteiger partial charge in [0.1, 0.15) is 0 Å². The van der Waals surface area contributed by atoms with E-state index in [2.05, 4.69) is 78.3 Å². The summed E-state index contributed by atoms with van der Waals surface area (Å²) in [5, 5.41) is 0. The molecule has 0 spiro atoms. The molecule has 0 aliphatic carbocycles. The quantitative estimate of drug-likeness (QED) is 0.627. The number of aryl methyl sites for hydroxylation is 2. The molecule has 0 aromatic heterocycles. The molecule has 0 radical (unpaired) electrons. The molecule has 0 N–H and O–H groups in total. The lowest BCUT2D eigenvalue weighted by Gasteiger charge is -2.13. The Balaban J connectivity index is 2.07. The molecule has 0 fully saturated rings. The maximum Gasteiger partial charge on any atom is 0.0435 e. The fourth-order valence-corrected chi connectivity index (χ4v) is 2.99. The van der Waals surface area contributed by atoms with Crippen LogP contribution in [0.25, 0.3) is 0 Å². The second-order valence-corrected chi connectivity index (χ2v) is 6.20. The maximum absolute atomic E-state index is 3.82. The number of hydrogen-bond donors (Lipinski definition) is 0. The fourth-order valence-electron chi connectivity index (χ4n) is 2.33. The van der Waals surface area contributed by atoms with Gasteiger partial charge in [0.25, 0.3) is 0 Å². The number of hydrogen-bond acceptors (Lipinski definition) is 0. The molecule has 2 rings (SSSR count). The minimum atomic E-state index is 0.393. The second-order valence-electron chi connectivity index (χ2n) is 5.09. The van der Waals surface area contributed by atoms with Crippen LogP contribution < -0.4 is 0 Å². The van der Waals surface area contributed by atoms with E-state index >= 15 is 0 Å². The van der Waals surface area contributed by atoms with Crippen LogP contribution >= 0.6 is 15.9 Å². The van der Waals surface area contributed by atoms with Gasteiger partial charge in [0, 0.05) is 4.83 Å². The van der Waals surface area contributed by atoms with Crippen LogP contribution in [-0.2, 0) is 12.8 Å². The third-order valence-electron chi connectivity index (χ3n) is 3.54. The molecule has 19 heavy (non-hydrogen) atoms. The van der Waals surface area contributed by atoms with Gasteiger partial charge in [-0.25, -0.2) is 0 Å². The normalized spacial score (nSPS) is 12.4. The molecule has 1 unspecified atom stereocenters. The lowest BCUT2D eigenvalue weighted by Crippen LogP contribution is -1.97. The van der Waals surface area contributed by atoms with Crippen molar-refractivity contribution in [1.82, 2.24) is 0 Å². The summed E-state index contributed by atoms with van der Waals surface area (Å²) >= 11 is 3.82. The Labute approximate surface area is 125 Å². The minimum absolute atomic E-state index is 0.393. The lowest BCUT2D eigenvalue weighted by atomic mass is 9.99. The molecule has 2 aromatic carbocycles. The highest BCUT2D eigenvalue weighted by molar-refractivity contribution is 9.09. The summed E-state index contributed by atoms with van der Waals surface area (Å²) in [6, 6.07) is 17.6. The zero-order valence-corrected chi connectivity index (χ0v) is 13.3. The van der Waals surface area contributed by atoms with E-state index in [1.54, 1.807) is 0 Å². The van der Waals surface area contributed by atoms with Gasteiger partial charge in [-0.1, -0.05) is 77.8 Å². The molecule has 0 saturated carbocycles. The lowest BCUT2D eigenvalue weighted by molar-refractivity contribution is 0.910. The molecule has 0 amide bonds. The minimum Gasteiger partial charge on any atom is -0.0835 e. The van der Waals surface area contributed by atoms with Crippen LogP contribution in [0.5, 0.6) is 0 Å². The first-order chi connectivity index (χ1) is 9.20. The van der Waals surface area contributed by atoms with Gasteiger partial charge in [-0.2, -0.15) is 0 Å². The van der Waals surface area contributed by atoms with Crippen LogP contribution in [0.4, 0.5) is 0 Å². The Kier molecular flexibility index (Phi) is 5.21. The van der Waals surface area contributed by atoms with Gasteiger partial charge in [-0.05, 0) is 42.0 Å². The summed E-state index contributed by atoms with van der Waals surface area (Å²) < 4.78 is 0. The van der Waals surface area contributed by atoms with Crippen molar-refractivity contribution in [3.05, 3.63) is 70.8 Å². The summed E-state index contributed by atoms with van der Waals surface area (Å²) in [6.45, 7) is 4.40. The molecule has 100 valence electrons. The zero-order valence-electron chi connectivity index (χ0n) is 11.7. The van der Waals surface area contributed by atoms with Crippen molar-refractivity contribution in [3.8, 4) is 0 Å². The smallest absolute Gasteiger partial charge is 0.0435 e. The van der Waals surface area contributed by atoms with Crippen molar-refractivity contribution in [2.75, 3.05) is 0 Å². The number of halogens is 1. The molecule has 1 atom stereocenters. The Morgan fingerprint density at radius 1 is 1.00 bits per heavy atom. The van der Waals surface area contributed by atoms with E-state index in [4.69, 9.17) is 0 Å². The maximum atomic E-state index is 3.82. The second kappa shape index (κ2) is 6.91. The van der Waals surface area contributed by atoms with Crippen LogP contribution in [0.1, 0.15) is 40.4 Å². The summed E-state index contributed by atoms with van der Waals surface area (Å²) in [5.41, 5.74) is 5.58. The average Bonchev–Trinajstić information content (AvgIpc) is 2.42. The van der Waals surface area contributed by atoms with Gasteiger partial charge in [0.2, 0.25) is 0 Å². The van der Waals surface area contributed by atoms with Crippen LogP contribution in [0.3, 0.4) is 0 Å². The molecule has 0 bridgehead atoms. The Bertz CT molecular complexity index is 513. The molecular formula is C18H21Br. The van der Waals surface area contributed by atoms with Crippen LogP contribution in [0.2, 0.25) is 0 Å². The molecule has 0 nitrogen and oxygen atoms in total. The predicted octanol–water partition coefficient (Wildman–Crippen LogP) is 5.63. The molecule has 0 saturated heterocycles. The number of alkyl halides is 1. The third-order valence-corrected chi connectivity index (χ3v) is 4.39. The number of rotatable bonds is 5. The van der Waals surface area contributed by atoms with Crippen molar-refractivity contribution in [3.63, 3.8) is 0 Å². The van der Waals surface area contributed by atoms with E-state index in [0.29, 0.717) is 4.83 Å². The van der Waals surface area contributed by atoms with Crippen LogP contribution in [0, 0.1) is 6.92 Å². The molecular weight excluding hydrogens is 296 g/mol. The summed E-state index contributed by atoms with van der Waals surface area (Å²) in [5.74, 6) is 0. The molecule has 0 heterocycles. The largest absolute Gasteiger partial charge is 0.0835 e. The highest BCUT2D eigenvalue weighted by atomic mass is 79.9. The monoisotopic (exact) mass is 316 g/mol. The van der Waals surface area contributed by atoms with E-state index in [0.717, 1.165) is 6.42 Å². The molecule has 0 aliphatic heterocycles. The Morgan fingerprint density at radius 3 is 2.32 bits per heavy atom. The van der Waals surface area contributed by atoms with E-state index in [9.17, 15) is 0 Å². The van der Waals surface area contributed by atoms with E-state index in [1.807, 2.05) is 0 Å². The van der Waals surface area contributed by atoms with Crippen molar-refractivity contribution >= 4 is 15.9 Å². The highest BCUT2D eigenvalue weighted by Gasteiger charge is 2.09. The van der Waals surface area contributed by atoms with Crippen LogP contribution in [0.15, 0.2) is 48.5 Å². The van der Waals surface area contributed by atoms with E-state index < -0.39 is 0 Å². The first kappa shape index (κ1) is 14.3. The standard InChI is InChI=1S/C18H21Br/c1-3-6-15-9-11-16(12-10-15)18(19)13-17-8-5-4-7-14(17)2/h4-5,7-12,18H,3,6,13H2,1-2H3. The average molecular weight is 317 g/mol. The SMILES string of the molecule is CCCc1ccc(C(Br)Cc2ccccc2C)cc1. The topological polar surface area (TPSA) is 0 Å². The van der Waals surface area contributed by atoms with Gasteiger partial charge in [0.15, 0.2) is 0 Å². The van der Waals surface area contributed by atoms with Gasteiger partial charge >= 0.3 is 0 Å². The number of benzene rings is 2. The molecule has 1 heteroatoms. The van der Waals surface area contributed by atoms with Crippen molar-refractivity contribution in [2.24, 2.45) is 0 Å². The highest BCUT2D eigenvalue weighted by Crippen LogP contribution is 2.28. The molecule has 2 aromatic rings. The third kappa shape index (κ3) is 3.94. The van der Waals surface area contributed by atoms with Gasteiger partial charge < -0.3 is 0 Å². The first-order valence-electron chi connectivity index (χ1n) is 6.98. The van der Waals surface area contributed by atoms with Gasteiger partial charge in [0.05, 0.1) is 0 Å². The van der Waals surface area contributed by atoms with E-state index in [-0.39, 0.29) is 0 Å². The fraction of sp³-hybridized carbons (Fsp3) is 0.333. The van der Waals surface area contributed by atoms with E-state index in [1.165, 1.54) is 35.1 Å². The predicted molar refractivity (Wildman–Crippen MR) is 87.0 cm³/mol. The van der Waals surface area contributed by atoms with Crippen LogP contribution in [-0.4, -0.2) is 0 Å². The Hall–Kier alpha value is -1.08. The summed E-state index contributed by atoms with van der Waals surface area (Å²) in [6.07, 6.45) is 3.42.